The molecule has 4 aliphatic rings. The Labute approximate surface area is 271 Å². The summed E-state index contributed by atoms with van der Waals surface area (Å²) < 4.78 is 23.2. The molecule has 1 aliphatic carbocycles. The SMILES string of the molecule is N[C@H]1CN[C@@H](C(=O)NCCOCCOCCNC(=S)NC2C=CC3=C(C2)C(=O)OC32c3ccc(O)cc3Oc3cc(O)ccc32)C1. The zero-order valence-corrected chi connectivity index (χ0v) is 25.9. The number of phenols is 2. The highest BCUT2D eigenvalue weighted by Crippen LogP contribution is 2.58. The first-order chi connectivity index (χ1) is 22.2. The van der Waals surface area contributed by atoms with Crippen LogP contribution in [0, 0.1) is 0 Å². The Kier molecular flexibility index (Phi) is 9.42. The molecule has 2 aromatic rings. The van der Waals surface area contributed by atoms with Gasteiger partial charge in [-0.1, -0.05) is 12.2 Å². The van der Waals surface area contributed by atoms with Crippen molar-refractivity contribution in [3.05, 3.63) is 70.8 Å². The Balaban J connectivity index is 0.949. The third-order valence-electron chi connectivity index (χ3n) is 8.27. The lowest BCUT2D eigenvalue weighted by Gasteiger charge is -2.37. The fourth-order valence-electron chi connectivity index (χ4n) is 6.14. The van der Waals surface area contributed by atoms with E-state index in [2.05, 4.69) is 21.3 Å². The zero-order chi connectivity index (χ0) is 32.3. The molecule has 0 saturated carbocycles. The zero-order valence-electron chi connectivity index (χ0n) is 25.0. The molecule has 1 spiro atoms. The van der Waals surface area contributed by atoms with E-state index >= 15 is 0 Å². The maximum absolute atomic E-state index is 13.3. The van der Waals surface area contributed by atoms with Gasteiger partial charge in [0.2, 0.25) is 5.91 Å². The number of rotatable bonds is 11. The minimum absolute atomic E-state index is 0.000160. The lowest BCUT2D eigenvalue weighted by Crippen LogP contribution is -2.43. The van der Waals surface area contributed by atoms with Gasteiger partial charge in [-0.05, 0) is 42.9 Å². The fraction of sp³-hybridized carbons (Fsp3) is 0.406. The number of nitrogens with two attached hydrogens (primary N) is 1. The number of hydrogen-bond acceptors (Lipinski definition) is 11. The van der Waals surface area contributed by atoms with Crippen molar-refractivity contribution < 1.29 is 38.7 Å². The summed E-state index contributed by atoms with van der Waals surface area (Å²) in [5, 5.41) is 32.9. The normalized spacial score (nSPS) is 22.0. The standard InChI is InChI=1S/C32H37N5O8S/c33-18-13-26(36-17-18)29(40)34-7-9-42-11-12-43-10-8-35-31(46)37-19-1-4-23-22(14-19)30(41)45-32(23)24-5-2-20(38)15-27(24)44-28-16-21(39)3-6-25(28)32/h1-6,15-16,18-19,26,36,38-39H,7-14,17,33H2,(H,34,40)(H2,35,37,46)/t18-,19?,26-/m1/s1. The Bertz CT molecular complexity index is 1530. The molecule has 14 heteroatoms. The summed E-state index contributed by atoms with van der Waals surface area (Å²) in [5.41, 5.74) is 6.86. The van der Waals surface area contributed by atoms with Crippen LogP contribution in [0.5, 0.6) is 23.0 Å². The maximum Gasteiger partial charge on any atom is 0.336 e. The summed E-state index contributed by atoms with van der Waals surface area (Å²) >= 11 is 5.47. The van der Waals surface area contributed by atoms with E-state index in [9.17, 15) is 19.8 Å². The number of benzene rings is 2. The summed E-state index contributed by atoms with van der Waals surface area (Å²) in [5.74, 6) is 0.147. The number of aromatic hydroxyl groups is 2. The lowest BCUT2D eigenvalue weighted by atomic mass is 9.75. The van der Waals surface area contributed by atoms with Crippen molar-refractivity contribution in [1.29, 1.82) is 0 Å². The van der Waals surface area contributed by atoms with E-state index in [1.807, 2.05) is 12.2 Å². The molecule has 1 fully saturated rings. The number of thiocarbonyl (C=S) groups is 1. The Morgan fingerprint density at radius 2 is 1.67 bits per heavy atom. The quantitative estimate of drug-likeness (QED) is 0.104. The summed E-state index contributed by atoms with van der Waals surface area (Å²) in [7, 11) is 0. The smallest absolute Gasteiger partial charge is 0.336 e. The molecule has 13 nitrogen and oxygen atoms in total. The molecule has 3 heterocycles. The van der Waals surface area contributed by atoms with Gasteiger partial charge in [0.15, 0.2) is 10.7 Å². The largest absolute Gasteiger partial charge is 0.508 e. The van der Waals surface area contributed by atoms with E-state index < -0.39 is 11.6 Å². The van der Waals surface area contributed by atoms with Crippen LogP contribution >= 0.6 is 12.2 Å². The first-order valence-electron chi connectivity index (χ1n) is 15.2. The highest BCUT2D eigenvalue weighted by Gasteiger charge is 2.55. The lowest BCUT2D eigenvalue weighted by molar-refractivity contribution is -0.145. The molecule has 0 bridgehead atoms. The first kappa shape index (κ1) is 31.8. The Morgan fingerprint density at radius 1 is 1.02 bits per heavy atom. The molecule has 0 aromatic heterocycles. The monoisotopic (exact) mass is 651 g/mol. The molecular weight excluding hydrogens is 614 g/mol. The molecule has 244 valence electrons. The third-order valence-corrected chi connectivity index (χ3v) is 8.53. The summed E-state index contributed by atoms with van der Waals surface area (Å²) in [6.07, 6.45) is 4.77. The number of amides is 1. The van der Waals surface area contributed by atoms with Gasteiger partial charge in [-0.3, -0.25) is 4.79 Å². The second-order valence-electron chi connectivity index (χ2n) is 11.5. The van der Waals surface area contributed by atoms with Crippen molar-refractivity contribution >= 4 is 29.2 Å². The molecule has 3 aliphatic heterocycles. The number of carbonyl (C=O) groups excluding carboxylic acids is 2. The van der Waals surface area contributed by atoms with E-state index in [-0.39, 0.29) is 35.5 Å². The number of esters is 1. The molecule has 8 N–H and O–H groups in total. The van der Waals surface area contributed by atoms with Gasteiger partial charge < -0.3 is 56.2 Å². The van der Waals surface area contributed by atoms with Gasteiger partial charge in [0.1, 0.15) is 23.0 Å². The Hall–Kier alpha value is -4.21. The van der Waals surface area contributed by atoms with Crippen LogP contribution in [0.2, 0.25) is 0 Å². The summed E-state index contributed by atoms with van der Waals surface area (Å²) in [6, 6.07) is 8.86. The molecule has 3 atom stereocenters. The van der Waals surface area contributed by atoms with Crippen LogP contribution in [0.3, 0.4) is 0 Å². The molecule has 0 radical (unpaired) electrons. The number of nitrogens with one attached hydrogen (secondary N) is 4. The molecule has 1 saturated heterocycles. The second-order valence-corrected chi connectivity index (χ2v) is 11.9. The van der Waals surface area contributed by atoms with Crippen LogP contribution in [0.25, 0.3) is 0 Å². The van der Waals surface area contributed by atoms with E-state index in [0.29, 0.717) is 97.8 Å². The van der Waals surface area contributed by atoms with Crippen LogP contribution in [0.15, 0.2) is 59.7 Å². The van der Waals surface area contributed by atoms with E-state index in [1.165, 1.54) is 24.3 Å². The second kappa shape index (κ2) is 13.6. The van der Waals surface area contributed by atoms with Crippen molar-refractivity contribution in [1.82, 2.24) is 21.3 Å². The van der Waals surface area contributed by atoms with Crippen molar-refractivity contribution in [2.45, 2.75) is 36.6 Å². The van der Waals surface area contributed by atoms with Crippen molar-refractivity contribution in [2.75, 3.05) is 46.1 Å². The number of carbonyl (C=O) groups is 2. The van der Waals surface area contributed by atoms with Gasteiger partial charge in [0, 0.05) is 66.5 Å². The van der Waals surface area contributed by atoms with Gasteiger partial charge in [-0.15, -0.1) is 0 Å². The number of fused-ring (bicyclic) bond motifs is 5. The summed E-state index contributed by atoms with van der Waals surface area (Å²) in [6.45, 7) is 3.15. The van der Waals surface area contributed by atoms with Crippen molar-refractivity contribution in [3.8, 4) is 23.0 Å². The highest BCUT2D eigenvalue weighted by molar-refractivity contribution is 7.80. The molecule has 2 aromatic carbocycles. The molecule has 1 amide bonds. The molecule has 1 unspecified atom stereocenters. The van der Waals surface area contributed by atoms with Crippen LogP contribution in [0.4, 0.5) is 0 Å². The van der Waals surface area contributed by atoms with Gasteiger partial charge in [0.05, 0.1) is 38.5 Å². The van der Waals surface area contributed by atoms with Crippen LogP contribution in [-0.2, 0) is 29.4 Å². The number of phenolic OH excluding ortho intramolecular Hbond substituents is 2. The van der Waals surface area contributed by atoms with Crippen molar-refractivity contribution in [2.24, 2.45) is 5.73 Å². The minimum Gasteiger partial charge on any atom is -0.508 e. The number of ether oxygens (including phenoxy) is 4. The van der Waals surface area contributed by atoms with Gasteiger partial charge in [-0.25, -0.2) is 4.79 Å². The van der Waals surface area contributed by atoms with Gasteiger partial charge in [0.25, 0.3) is 0 Å². The molecular formula is C32H37N5O8S. The predicted octanol–water partition coefficient (Wildman–Crippen LogP) is 0.932. The van der Waals surface area contributed by atoms with E-state index in [0.717, 1.165) is 0 Å². The highest BCUT2D eigenvalue weighted by atomic mass is 32.1. The minimum atomic E-state index is -1.28. The van der Waals surface area contributed by atoms with Crippen molar-refractivity contribution in [3.63, 3.8) is 0 Å². The van der Waals surface area contributed by atoms with Crippen LogP contribution in [-0.4, -0.2) is 91.4 Å². The first-order valence-corrected chi connectivity index (χ1v) is 15.6. The third kappa shape index (κ3) is 6.52. The maximum atomic E-state index is 13.3. The predicted molar refractivity (Wildman–Crippen MR) is 170 cm³/mol. The average molecular weight is 652 g/mol. The average Bonchev–Trinajstić information content (AvgIpc) is 3.58. The van der Waals surface area contributed by atoms with Crippen LogP contribution in [0.1, 0.15) is 24.0 Å². The topological polar surface area (TPSA) is 186 Å². The van der Waals surface area contributed by atoms with Gasteiger partial charge in [-0.2, -0.15) is 0 Å². The fourth-order valence-corrected chi connectivity index (χ4v) is 6.39. The van der Waals surface area contributed by atoms with E-state index in [1.54, 1.807) is 12.1 Å². The van der Waals surface area contributed by atoms with Gasteiger partial charge >= 0.3 is 5.97 Å². The molecule has 6 rings (SSSR count). The van der Waals surface area contributed by atoms with Crippen LogP contribution < -0.4 is 31.7 Å². The molecule has 46 heavy (non-hydrogen) atoms. The van der Waals surface area contributed by atoms with E-state index in [4.69, 9.17) is 36.9 Å². The summed E-state index contributed by atoms with van der Waals surface area (Å²) in [4.78, 5) is 25.4. The number of hydrogen-bond donors (Lipinski definition) is 7. The Morgan fingerprint density at radius 3 is 2.30 bits per heavy atom.